The molecule has 2 atom stereocenters. The first-order valence-corrected chi connectivity index (χ1v) is 11.0. The summed E-state index contributed by atoms with van der Waals surface area (Å²) in [6.45, 7) is 1.48. The Morgan fingerprint density at radius 2 is 2.18 bits per heavy atom. The Bertz CT molecular complexity index is 1200. The van der Waals surface area contributed by atoms with E-state index in [0.717, 1.165) is 25.3 Å². The number of hydrogen-bond donors (Lipinski definition) is 3. The number of nitrogens with zero attached hydrogens (tertiary/aromatic N) is 1. The number of fused-ring (bicyclic) bond motifs is 2. The highest BCUT2D eigenvalue weighted by atomic mass is 35.5. The van der Waals surface area contributed by atoms with Gasteiger partial charge in [-0.1, -0.05) is 11.6 Å². The van der Waals surface area contributed by atoms with E-state index >= 15 is 4.39 Å². The molecule has 1 saturated carbocycles. The van der Waals surface area contributed by atoms with Crippen LogP contribution in [0.5, 0.6) is 5.75 Å². The summed E-state index contributed by atoms with van der Waals surface area (Å²) in [6, 6.07) is 0.404. The number of nitrogens with one attached hydrogen (secondary N) is 2. The van der Waals surface area contributed by atoms with Crippen molar-refractivity contribution in [3.63, 3.8) is 0 Å². The van der Waals surface area contributed by atoms with Gasteiger partial charge in [-0.15, -0.1) is 0 Å². The minimum Gasteiger partial charge on any atom is -0.431 e. The second-order valence-electron chi connectivity index (χ2n) is 8.59. The molecule has 3 aliphatic rings. The van der Waals surface area contributed by atoms with Crippen LogP contribution >= 0.6 is 11.6 Å². The number of benzene rings is 1. The van der Waals surface area contributed by atoms with Gasteiger partial charge in [0.15, 0.2) is 5.75 Å². The number of ether oxygens (including phenoxy) is 3. The molecule has 0 bridgehead atoms. The van der Waals surface area contributed by atoms with Crippen LogP contribution in [-0.4, -0.2) is 55.1 Å². The summed E-state index contributed by atoms with van der Waals surface area (Å²) in [7, 11) is 0. The molecule has 1 aliphatic carbocycles. The Hall–Kier alpha value is -3.05. The largest absolute Gasteiger partial charge is 0.514 e. The zero-order valence-corrected chi connectivity index (χ0v) is 18.2. The third-order valence-corrected chi connectivity index (χ3v) is 6.74. The Morgan fingerprint density at radius 1 is 1.39 bits per heavy atom. The average Bonchev–Trinajstić information content (AvgIpc) is 3.36. The molecule has 10 nitrogen and oxygen atoms in total. The van der Waals surface area contributed by atoms with E-state index in [0.29, 0.717) is 19.7 Å². The molecule has 2 unspecified atom stereocenters. The van der Waals surface area contributed by atoms with E-state index in [9.17, 15) is 14.4 Å². The zero-order valence-electron chi connectivity index (χ0n) is 17.5. The molecular formula is C21H22ClFN4O6. The van der Waals surface area contributed by atoms with Crippen molar-refractivity contribution < 1.29 is 28.2 Å². The molecule has 2 saturated heterocycles. The van der Waals surface area contributed by atoms with Crippen molar-refractivity contribution in [3.05, 3.63) is 33.3 Å². The SMILES string of the molecule is NC(=O)NCC12CN(c3c(F)cc4c(=O)c(OC(=O)OC5CC5)c[nH]c4c3Cl)CC1CCO2. The number of H-pyrrole nitrogens is 1. The molecule has 4 N–H and O–H groups in total. The standard InChI is InChI=1S/C21H22ClFN4O6/c22-15-16-12(18(28)14(6-25-16)33-20(30)32-11-1-2-11)5-13(23)17(15)27-7-10-3-4-31-21(10,9-27)8-26-19(24)29/h5-6,10-11H,1-4,7-9H2,(H,25,28)(H3,24,26,29). The summed E-state index contributed by atoms with van der Waals surface area (Å²) in [5, 5.41) is 2.55. The lowest BCUT2D eigenvalue weighted by atomic mass is 9.91. The van der Waals surface area contributed by atoms with Gasteiger partial charge in [-0.3, -0.25) is 4.79 Å². The molecule has 12 heteroatoms. The Balaban J connectivity index is 1.45. The summed E-state index contributed by atoms with van der Waals surface area (Å²) in [5.74, 6) is -0.964. The third-order valence-electron chi connectivity index (χ3n) is 6.37. The highest BCUT2D eigenvalue weighted by Crippen LogP contribution is 2.44. The number of carbonyl (C=O) groups excluding carboxylic acids is 2. The van der Waals surface area contributed by atoms with E-state index < -0.39 is 29.0 Å². The van der Waals surface area contributed by atoms with Crippen LogP contribution < -0.4 is 26.1 Å². The molecule has 1 aromatic carbocycles. The molecule has 0 spiro atoms. The predicted molar refractivity (Wildman–Crippen MR) is 116 cm³/mol. The normalized spacial score (nSPS) is 24.1. The topological polar surface area (TPSA) is 136 Å². The monoisotopic (exact) mass is 480 g/mol. The molecule has 2 aromatic rings. The van der Waals surface area contributed by atoms with Crippen LogP contribution in [0.1, 0.15) is 19.3 Å². The van der Waals surface area contributed by atoms with Gasteiger partial charge in [-0.2, -0.15) is 0 Å². The van der Waals surface area contributed by atoms with Gasteiger partial charge >= 0.3 is 12.2 Å². The van der Waals surface area contributed by atoms with Crippen molar-refractivity contribution in [1.82, 2.24) is 10.3 Å². The average molecular weight is 481 g/mol. The van der Waals surface area contributed by atoms with Gasteiger partial charge < -0.3 is 35.1 Å². The predicted octanol–water partition coefficient (Wildman–Crippen LogP) is 2.26. The molecule has 1 aromatic heterocycles. The van der Waals surface area contributed by atoms with Gasteiger partial charge in [0.2, 0.25) is 5.43 Å². The van der Waals surface area contributed by atoms with Gasteiger partial charge in [0.05, 0.1) is 28.2 Å². The Kier molecular flexibility index (Phi) is 5.32. The second-order valence-corrected chi connectivity index (χ2v) is 8.97. The summed E-state index contributed by atoms with van der Waals surface area (Å²) < 4.78 is 31.2. The number of pyridine rings is 1. The summed E-state index contributed by atoms with van der Waals surface area (Å²) in [5.41, 5.74) is 4.16. The van der Waals surface area contributed by atoms with Crippen molar-refractivity contribution in [1.29, 1.82) is 0 Å². The minimum atomic E-state index is -0.982. The molecule has 2 amide bonds. The third kappa shape index (κ3) is 3.95. The fourth-order valence-corrected chi connectivity index (χ4v) is 4.96. The molecule has 5 rings (SSSR count). The smallest absolute Gasteiger partial charge is 0.431 e. The number of aromatic amines is 1. The quantitative estimate of drug-likeness (QED) is 0.558. The lowest BCUT2D eigenvalue weighted by Crippen LogP contribution is -2.49. The fraction of sp³-hybridized carbons (Fsp3) is 0.476. The van der Waals surface area contributed by atoms with Crippen molar-refractivity contribution in [2.45, 2.75) is 31.0 Å². The maximum atomic E-state index is 15.3. The van der Waals surface area contributed by atoms with Crippen LogP contribution in [0.15, 0.2) is 17.1 Å². The number of amides is 2. The lowest BCUT2D eigenvalue weighted by molar-refractivity contribution is 0.00783. The zero-order chi connectivity index (χ0) is 23.3. The van der Waals surface area contributed by atoms with Crippen LogP contribution in [-0.2, 0) is 9.47 Å². The Morgan fingerprint density at radius 3 is 2.91 bits per heavy atom. The number of rotatable bonds is 5. The van der Waals surface area contributed by atoms with Gasteiger partial charge in [0, 0.05) is 31.8 Å². The molecular weight excluding hydrogens is 459 g/mol. The van der Waals surface area contributed by atoms with Crippen molar-refractivity contribution in [2.75, 3.05) is 31.1 Å². The van der Waals surface area contributed by atoms with E-state index in [1.54, 1.807) is 4.90 Å². The number of urea groups is 1. The highest BCUT2D eigenvalue weighted by molar-refractivity contribution is 6.37. The number of primary amides is 1. The first kappa shape index (κ1) is 21.8. The van der Waals surface area contributed by atoms with E-state index in [1.807, 2.05) is 0 Å². The molecule has 0 radical (unpaired) electrons. The summed E-state index contributed by atoms with van der Waals surface area (Å²) in [6.07, 6.45) is 2.30. The van der Waals surface area contributed by atoms with Crippen LogP contribution in [0.3, 0.4) is 0 Å². The maximum absolute atomic E-state index is 15.3. The van der Waals surface area contributed by atoms with Crippen molar-refractivity contribution in [3.8, 4) is 5.75 Å². The van der Waals surface area contributed by atoms with Crippen molar-refractivity contribution in [2.24, 2.45) is 11.7 Å². The van der Waals surface area contributed by atoms with Gasteiger partial charge in [0.25, 0.3) is 0 Å². The van der Waals surface area contributed by atoms with Crippen LogP contribution in [0, 0.1) is 11.7 Å². The van der Waals surface area contributed by atoms with Gasteiger partial charge in [-0.25, -0.2) is 14.0 Å². The number of nitrogens with two attached hydrogens (primary N) is 1. The molecule has 3 fully saturated rings. The van der Waals surface area contributed by atoms with Crippen LogP contribution in [0.25, 0.3) is 10.9 Å². The number of aromatic nitrogens is 1. The number of hydrogen-bond acceptors (Lipinski definition) is 7. The maximum Gasteiger partial charge on any atom is 0.514 e. The van der Waals surface area contributed by atoms with Crippen LogP contribution in [0.4, 0.5) is 19.7 Å². The minimum absolute atomic E-state index is 0.0205. The highest BCUT2D eigenvalue weighted by Gasteiger charge is 2.52. The number of carbonyl (C=O) groups is 2. The van der Waals surface area contributed by atoms with Crippen LogP contribution in [0.2, 0.25) is 5.02 Å². The Labute approximate surface area is 192 Å². The number of halogens is 2. The van der Waals surface area contributed by atoms with E-state index in [1.165, 1.54) is 6.20 Å². The molecule has 2 aliphatic heterocycles. The van der Waals surface area contributed by atoms with E-state index in [-0.39, 0.29) is 45.9 Å². The molecule has 176 valence electrons. The van der Waals surface area contributed by atoms with Gasteiger partial charge in [-0.05, 0) is 25.3 Å². The fourth-order valence-electron chi connectivity index (χ4n) is 4.60. The van der Waals surface area contributed by atoms with Crippen molar-refractivity contribution >= 4 is 40.4 Å². The molecule has 33 heavy (non-hydrogen) atoms. The summed E-state index contributed by atoms with van der Waals surface area (Å²) >= 11 is 6.55. The second kappa shape index (κ2) is 8.07. The van der Waals surface area contributed by atoms with Gasteiger partial charge in [0.1, 0.15) is 17.5 Å². The van der Waals surface area contributed by atoms with E-state index in [4.69, 9.17) is 31.5 Å². The first-order chi connectivity index (χ1) is 15.8. The van der Waals surface area contributed by atoms with E-state index in [2.05, 4.69) is 10.3 Å². The lowest BCUT2D eigenvalue weighted by Gasteiger charge is -2.29. The summed E-state index contributed by atoms with van der Waals surface area (Å²) in [4.78, 5) is 40.4. The first-order valence-electron chi connectivity index (χ1n) is 10.6. The molecule has 3 heterocycles. The number of anilines is 1.